The van der Waals surface area contributed by atoms with Crippen LogP contribution in [0.1, 0.15) is 23.9 Å². The smallest absolute Gasteiger partial charge is 0.151 e. The standard InChI is InChI=1S/C10H14N2O3S2/c1-15-5-8-4-9(16)12-10(11-8)7-2-3-17(13,14)6-7/h4,7H,2-3,5-6H2,1H3,(H,11,12,16). The summed E-state index contributed by atoms with van der Waals surface area (Å²) < 4.78 is 28.3. The normalized spacial score (nSPS) is 22.8. The molecule has 1 aromatic heterocycles. The van der Waals surface area contributed by atoms with Crippen LogP contribution < -0.4 is 0 Å². The summed E-state index contributed by atoms with van der Waals surface area (Å²) in [5.74, 6) is 0.972. The van der Waals surface area contributed by atoms with E-state index in [-0.39, 0.29) is 17.4 Å². The van der Waals surface area contributed by atoms with Gasteiger partial charge in [-0.05, 0) is 12.5 Å². The first kappa shape index (κ1) is 12.7. The molecule has 1 unspecified atom stereocenters. The van der Waals surface area contributed by atoms with E-state index in [0.29, 0.717) is 23.5 Å². The lowest BCUT2D eigenvalue weighted by atomic mass is 10.1. The first-order valence-electron chi connectivity index (χ1n) is 5.30. The van der Waals surface area contributed by atoms with Crippen LogP contribution in [0.5, 0.6) is 0 Å². The molecule has 1 N–H and O–H groups in total. The first-order chi connectivity index (χ1) is 8.00. The van der Waals surface area contributed by atoms with Crippen LogP contribution in [0.3, 0.4) is 0 Å². The Labute approximate surface area is 105 Å². The number of hydrogen-bond donors (Lipinski definition) is 1. The Hall–Kier alpha value is -0.790. The molecular weight excluding hydrogens is 260 g/mol. The molecule has 0 aliphatic carbocycles. The summed E-state index contributed by atoms with van der Waals surface area (Å²) in [6.07, 6.45) is 0.608. The van der Waals surface area contributed by atoms with Gasteiger partial charge in [-0.3, -0.25) is 0 Å². The zero-order valence-electron chi connectivity index (χ0n) is 9.47. The molecule has 2 heterocycles. The van der Waals surface area contributed by atoms with Gasteiger partial charge < -0.3 is 9.72 Å². The number of aromatic nitrogens is 2. The lowest BCUT2D eigenvalue weighted by Gasteiger charge is -2.09. The highest BCUT2D eigenvalue weighted by Crippen LogP contribution is 2.26. The molecule has 1 atom stereocenters. The topological polar surface area (TPSA) is 72.0 Å². The Morgan fingerprint density at radius 2 is 2.41 bits per heavy atom. The highest BCUT2D eigenvalue weighted by Gasteiger charge is 2.30. The van der Waals surface area contributed by atoms with Crippen molar-refractivity contribution in [3.05, 3.63) is 22.2 Å². The summed E-state index contributed by atoms with van der Waals surface area (Å²) in [6, 6.07) is 1.73. The van der Waals surface area contributed by atoms with Gasteiger partial charge in [0, 0.05) is 18.7 Å². The van der Waals surface area contributed by atoms with Crippen molar-refractivity contribution in [1.82, 2.24) is 9.97 Å². The maximum absolute atomic E-state index is 11.4. The van der Waals surface area contributed by atoms with Crippen molar-refractivity contribution < 1.29 is 13.2 Å². The predicted octanol–water partition coefficient (Wildman–Crippen LogP) is 1.19. The third-order valence-electron chi connectivity index (χ3n) is 2.74. The summed E-state index contributed by atoms with van der Waals surface area (Å²) in [7, 11) is -1.31. The quantitative estimate of drug-likeness (QED) is 0.838. The third kappa shape index (κ3) is 3.11. The number of methoxy groups -OCH3 is 1. The van der Waals surface area contributed by atoms with Crippen LogP contribution in [0.2, 0.25) is 0 Å². The average molecular weight is 274 g/mol. The second-order valence-corrected chi connectivity index (χ2v) is 6.81. The Bertz CT molecular complexity index is 565. The summed E-state index contributed by atoms with van der Waals surface area (Å²) in [5, 5.41) is 0. The van der Waals surface area contributed by atoms with Crippen LogP contribution >= 0.6 is 12.2 Å². The Kier molecular flexibility index (Phi) is 3.60. The van der Waals surface area contributed by atoms with Crippen LogP contribution in [0.15, 0.2) is 6.07 Å². The van der Waals surface area contributed by atoms with Crippen molar-refractivity contribution >= 4 is 22.1 Å². The van der Waals surface area contributed by atoms with E-state index in [1.54, 1.807) is 13.2 Å². The molecule has 0 spiro atoms. The molecule has 1 fully saturated rings. The number of ether oxygens (including phenoxy) is 1. The van der Waals surface area contributed by atoms with E-state index < -0.39 is 9.84 Å². The van der Waals surface area contributed by atoms with Crippen LogP contribution in [0.4, 0.5) is 0 Å². The predicted molar refractivity (Wildman–Crippen MR) is 66.1 cm³/mol. The Morgan fingerprint density at radius 3 is 3.00 bits per heavy atom. The molecule has 0 aromatic carbocycles. The molecule has 2 rings (SSSR count). The molecule has 17 heavy (non-hydrogen) atoms. The van der Waals surface area contributed by atoms with Crippen molar-refractivity contribution in [2.24, 2.45) is 0 Å². The second-order valence-electron chi connectivity index (χ2n) is 4.16. The maximum atomic E-state index is 11.4. The fourth-order valence-electron chi connectivity index (χ4n) is 1.97. The monoisotopic (exact) mass is 274 g/mol. The number of rotatable bonds is 3. The van der Waals surface area contributed by atoms with Crippen molar-refractivity contribution in [1.29, 1.82) is 0 Å². The fraction of sp³-hybridized carbons (Fsp3) is 0.600. The maximum Gasteiger partial charge on any atom is 0.151 e. The summed E-state index contributed by atoms with van der Waals surface area (Å²) in [5.41, 5.74) is 0.826. The lowest BCUT2D eigenvalue weighted by Crippen LogP contribution is -2.09. The number of nitrogens with one attached hydrogen (secondary N) is 1. The molecule has 0 saturated carbocycles. The van der Waals surface area contributed by atoms with Gasteiger partial charge in [0.25, 0.3) is 0 Å². The third-order valence-corrected chi connectivity index (χ3v) is 4.71. The SMILES string of the molecule is COCc1cc(=S)nc(C2CCS(=O)(=O)C2)[nH]1. The number of sulfone groups is 1. The minimum Gasteiger partial charge on any atom is -0.378 e. The Balaban J connectivity index is 2.30. The van der Waals surface area contributed by atoms with Gasteiger partial charge in [-0.1, -0.05) is 12.2 Å². The highest BCUT2D eigenvalue weighted by atomic mass is 32.2. The molecule has 1 saturated heterocycles. The number of aromatic amines is 1. The average Bonchev–Trinajstić information content (AvgIpc) is 2.58. The van der Waals surface area contributed by atoms with Gasteiger partial charge in [0.05, 0.1) is 18.1 Å². The van der Waals surface area contributed by atoms with Crippen molar-refractivity contribution in [3.8, 4) is 0 Å². The van der Waals surface area contributed by atoms with Gasteiger partial charge in [-0.2, -0.15) is 0 Å². The summed E-state index contributed by atoms with van der Waals surface area (Å²) >= 11 is 5.06. The van der Waals surface area contributed by atoms with Gasteiger partial charge in [0.2, 0.25) is 0 Å². The second kappa shape index (κ2) is 4.83. The van der Waals surface area contributed by atoms with Crippen LogP contribution in [-0.2, 0) is 21.2 Å². The number of hydrogen-bond acceptors (Lipinski definition) is 5. The zero-order chi connectivity index (χ0) is 12.5. The van der Waals surface area contributed by atoms with Gasteiger partial charge in [-0.25, -0.2) is 13.4 Å². The van der Waals surface area contributed by atoms with Crippen LogP contribution in [0.25, 0.3) is 0 Å². The minimum atomic E-state index is -2.91. The molecule has 1 aliphatic rings. The zero-order valence-corrected chi connectivity index (χ0v) is 11.1. The molecule has 1 aromatic rings. The van der Waals surface area contributed by atoms with E-state index in [2.05, 4.69) is 9.97 Å². The summed E-state index contributed by atoms with van der Waals surface area (Å²) in [6.45, 7) is 0.415. The van der Waals surface area contributed by atoms with E-state index in [1.807, 2.05) is 0 Å². The summed E-state index contributed by atoms with van der Waals surface area (Å²) in [4.78, 5) is 7.30. The van der Waals surface area contributed by atoms with E-state index in [0.717, 1.165) is 5.69 Å². The fourth-order valence-corrected chi connectivity index (χ4v) is 3.95. The van der Waals surface area contributed by atoms with E-state index in [1.165, 1.54) is 0 Å². The van der Waals surface area contributed by atoms with Gasteiger partial charge in [0.1, 0.15) is 10.5 Å². The number of H-pyrrole nitrogens is 1. The minimum absolute atomic E-state index is 0.0708. The Morgan fingerprint density at radius 1 is 1.65 bits per heavy atom. The molecule has 7 heteroatoms. The molecule has 0 bridgehead atoms. The number of nitrogens with zero attached hydrogens (tertiary/aromatic N) is 1. The molecular formula is C10H14N2O3S2. The van der Waals surface area contributed by atoms with Crippen molar-refractivity contribution in [3.63, 3.8) is 0 Å². The van der Waals surface area contributed by atoms with Gasteiger partial charge >= 0.3 is 0 Å². The molecule has 1 aliphatic heterocycles. The van der Waals surface area contributed by atoms with E-state index >= 15 is 0 Å². The van der Waals surface area contributed by atoms with E-state index in [9.17, 15) is 8.42 Å². The highest BCUT2D eigenvalue weighted by molar-refractivity contribution is 7.91. The molecule has 0 amide bonds. The van der Waals surface area contributed by atoms with Gasteiger partial charge in [0.15, 0.2) is 9.84 Å². The van der Waals surface area contributed by atoms with E-state index in [4.69, 9.17) is 17.0 Å². The molecule has 0 radical (unpaired) electrons. The van der Waals surface area contributed by atoms with Crippen LogP contribution in [0, 0.1) is 4.64 Å². The van der Waals surface area contributed by atoms with Crippen molar-refractivity contribution in [2.45, 2.75) is 18.9 Å². The molecule has 94 valence electrons. The van der Waals surface area contributed by atoms with Crippen LogP contribution in [-0.4, -0.2) is 37.0 Å². The van der Waals surface area contributed by atoms with Crippen molar-refractivity contribution in [2.75, 3.05) is 18.6 Å². The molecule has 5 nitrogen and oxygen atoms in total. The van der Waals surface area contributed by atoms with Gasteiger partial charge in [-0.15, -0.1) is 0 Å². The lowest BCUT2D eigenvalue weighted by molar-refractivity contribution is 0.181. The first-order valence-corrected chi connectivity index (χ1v) is 7.52. The largest absolute Gasteiger partial charge is 0.378 e.